The maximum absolute atomic E-state index is 9.50. The zero-order valence-corrected chi connectivity index (χ0v) is 11.5. The molecule has 1 heteroatoms. The SMILES string of the molecule is CCCCCCCCCC(C)(C)C.CF. The van der Waals surface area contributed by atoms with Crippen LogP contribution in [-0.4, -0.2) is 7.18 Å². The number of rotatable bonds is 7. The highest BCUT2D eigenvalue weighted by molar-refractivity contribution is 4.60. The molecule has 0 aliphatic carbocycles. The smallest absolute Gasteiger partial charge is 0.0785 e. The van der Waals surface area contributed by atoms with Crippen LogP contribution in [0, 0.1) is 5.41 Å². The molecule has 0 aromatic rings. The molecule has 0 radical (unpaired) electrons. The third-order valence-corrected chi connectivity index (χ3v) is 2.53. The predicted molar refractivity (Wildman–Crippen MR) is 69.1 cm³/mol. The number of halogens is 1. The van der Waals surface area contributed by atoms with Crippen LogP contribution in [0.2, 0.25) is 0 Å². The minimum absolute atomic E-state index is 0.500. The maximum atomic E-state index is 9.50. The lowest BCUT2D eigenvalue weighted by molar-refractivity contribution is 0.356. The van der Waals surface area contributed by atoms with Gasteiger partial charge >= 0.3 is 0 Å². The Morgan fingerprint density at radius 2 is 1.13 bits per heavy atom. The van der Waals surface area contributed by atoms with Gasteiger partial charge in [0, 0.05) is 0 Å². The highest BCUT2D eigenvalue weighted by Gasteiger charge is 2.08. The van der Waals surface area contributed by atoms with Gasteiger partial charge in [0.1, 0.15) is 0 Å². The third-order valence-electron chi connectivity index (χ3n) is 2.53. The molecule has 0 N–H and O–H groups in total. The van der Waals surface area contributed by atoms with E-state index in [1.54, 1.807) is 0 Å². The van der Waals surface area contributed by atoms with Crippen LogP contribution >= 0.6 is 0 Å². The molecule has 0 aliphatic rings. The van der Waals surface area contributed by atoms with Crippen LogP contribution in [0.4, 0.5) is 4.39 Å². The first-order valence-corrected chi connectivity index (χ1v) is 6.44. The average Bonchev–Trinajstić information content (AvgIpc) is 2.18. The van der Waals surface area contributed by atoms with Gasteiger partial charge in [-0.1, -0.05) is 72.6 Å². The molecule has 0 heterocycles. The Morgan fingerprint density at radius 1 is 0.733 bits per heavy atom. The van der Waals surface area contributed by atoms with E-state index in [2.05, 4.69) is 27.7 Å². The molecule has 0 saturated carbocycles. The normalized spacial score (nSPS) is 10.8. The number of hydrogen-bond donors (Lipinski definition) is 0. The molecule has 15 heavy (non-hydrogen) atoms. The molecule has 0 aliphatic heterocycles. The van der Waals surface area contributed by atoms with Gasteiger partial charge in [-0.25, -0.2) is 0 Å². The minimum Gasteiger partial charge on any atom is -0.255 e. The molecule has 0 unspecified atom stereocenters. The summed E-state index contributed by atoms with van der Waals surface area (Å²) in [7, 11) is 0.500. The summed E-state index contributed by atoms with van der Waals surface area (Å²) in [5.74, 6) is 0. The average molecular weight is 218 g/mol. The van der Waals surface area contributed by atoms with E-state index in [0.717, 1.165) is 0 Å². The van der Waals surface area contributed by atoms with Gasteiger partial charge in [0.25, 0.3) is 0 Å². The molecule has 0 amide bonds. The fourth-order valence-corrected chi connectivity index (χ4v) is 1.61. The van der Waals surface area contributed by atoms with Gasteiger partial charge in [0.05, 0.1) is 7.18 Å². The lowest BCUT2D eigenvalue weighted by Crippen LogP contribution is -2.03. The quantitative estimate of drug-likeness (QED) is 0.477. The maximum Gasteiger partial charge on any atom is 0.0785 e. The topological polar surface area (TPSA) is 0 Å². The van der Waals surface area contributed by atoms with Crippen molar-refractivity contribution in [1.82, 2.24) is 0 Å². The van der Waals surface area contributed by atoms with E-state index < -0.39 is 0 Å². The zero-order chi connectivity index (χ0) is 12.2. The Kier molecular flexibility index (Phi) is 13.9. The fraction of sp³-hybridized carbons (Fsp3) is 1.00. The molecule has 0 spiro atoms. The van der Waals surface area contributed by atoms with Crippen molar-refractivity contribution >= 4 is 0 Å². The summed E-state index contributed by atoms with van der Waals surface area (Å²) in [5, 5.41) is 0. The summed E-state index contributed by atoms with van der Waals surface area (Å²) in [6, 6.07) is 0. The summed E-state index contributed by atoms with van der Waals surface area (Å²) >= 11 is 0. The van der Waals surface area contributed by atoms with Crippen molar-refractivity contribution in [2.75, 3.05) is 7.18 Å². The van der Waals surface area contributed by atoms with Crippen LogP contribution < -0.4 is 0 Å². The van der Waals surface area contributed by atoms with Crippen molar-refractivity contribution in [3.8, 4) is 0 Å². The number of unbranched alkanes of at least 4 members (excludes halogenated alkanes) is 6. The lowest BCUT2D eigenvalue weighted by Gasteiger charge is -2.17. The second-order valence-corrected chi connectivity index (χ2v) is 5.43. The molecular formula is C14H31F. The molecule has 0 atom stereocenters. The van der Waals surface area contributed by atoms with E-state index in [0.29, 0.717) is 12.6 Å². The predicted octanol–water partition coefficient (Wildman–Crippen LogP) is 5.76. The van der Waals surface area contributed by atoms with Crippen molar-refractivity contribution in [2.45, 2.75) is 79.1 Å². The highest BCUT2D eigenvalue weighted by atomic mass is 19.1. The highest BCUT2D eigenvalue weighted by Crippen LogP contribution is 2.22. The van der Waals surface area contributed by atoms with Gasteiger partial charge in [0.15, 0.2) is 0 Å². The van der Waals surface area contributed by atoms with E-state index in [-0.39, 0.29) is 0 Å². The Hall–Kier alpha value is -0.0700. The Labute approximate surface area is 96.7 Å². The number of alkyl halides is 1. The second-order valence-electron chi connectivity index (χ2n) is 5.43. The van der Waals surface area contributed by atoms with Gasteiger partial charge in [-0.05, 0) is 11.8 Å². The van der Waals surface area contributed by atoms with Crippen molar-refractivity contribution in [1.29, 1.82) is 0 Å². The molecule has 0 bridgehead atoms. The fourth-order valence-electron chi connectivity index (χ4n) is 1.61. The first-order valence-electron chi connectivity index (χ1n) is 6.44. The van der Waals surface area contributed by atoms with Crippen LogP contribution in [0.1, 0.15) is 79.1 Å². The van der Waals surface area contributed by atoms with Crippen molar-refractivity contribution < 1.29 is 4.39 Å². The Balaban J connectivity index is 0. The van der Waals surface area contributed by atoms with Crippen molar-refractivity contribution in [2.24, 2.45) is 5.41 Å². The summed E-state index contributed by atoms with van der Waals surface area (Å²) in [6.45, 7) is 9.29. The molecule has 0 fully saturated rings. The molecule has 0 nitrogen and oxygen atoms in total. The largest absolute Gasteiger partial charge is 0.255 e. The summed E-state index contributed by atoms with van der Waals surface area (Å²) < 4.78 is 9.50. The Morgan fingerprint density at radius 3 is 1.53 bits per heavy atom. The molecule has 0 aromatic heterocycles. The lowest BCUT2D eigenvalue weighted by atomic mass is 9.89. The van der Waals surface area contributed by atoms with E-state index in [1.165, 1.54) is 51.4 Å². The second kappa shape index (κ2) is 12.0. The van der Waals surface area contributed by atoms with Gasteiger partial charge in [-0.3, -0.25) is 4.39 Å². The summed E-state index contributed by atoms with van der Waals surface area (Å²) in [5.41, 5.74) is 0.545. The van der Waals surface area contributed by atoms with Crippen LogP contribution in [0.15, 0.2) is 0 Å². The monoisotopic (exact) mass is 218 g/mol. The van der Waals surface area contributed by atoms with Crippen molar-refractivity contribution in [3.05, 3.63) is 0 Å². The molecule has 94 valence electrons. The summed E-state index contributed by atoms with van der Waals surface area (Å²) in [4.78, 5) is 0. The molecule has 0 aromatic carbocycles. The first kappa shape index (κ1) is 17.3. The molecule has 0 saturated heterocycles. The molecule has 0 rings (SSSR count). The Bertz CT molecular complexity index is 102. The zero-order valence-electron chi connectivity index (χ0n) is 11.5. The van der Waals surface area contributed by atoms with E-state index >= 15 is 0 Å². The standard InChI is InChI=1S/C13H28.CH3F/c1-5-6-7-8-9-10-11-12-13(2,3)4;1-2/h5-12H2,1-4H3;1H3. The minimum atomic E-state index is 0.500. The van der Waals surface area contributed by atoms with Crippen LogP contribution in [0.25, 0.3) is 0 Å². The third kappa shape index (κ3) is 20.1. The van der Waals surface area contributed by atoms with E-state index in [1.807, 2.05) is 0 Å². The van der Waals surface area contributed by atoms with Crippen LogP contribution in [0.5, 0.6) is 0 Å². The van der Waals surface area contributed by atoms with Gasteiger partial charge in [-0.15, -0.1) is 0 Å². The van der Waals surface area contributed by atoms with Gasteiger partial charge in [-0.2, -0.15) is 0 Å². The van der Waals surface area contributed by atoms with Gasteiger partial charge < -0.3 is 0 Å². The van der Waals surface area contributed by atoms with E-state index in [4.69, 9.17) is 0 Å². The first-order chi connectivity index (χ1) is 7.06. The van der Waals surface area contributed by atoms with Crippen LogP contribution in [0.3, 0.4) is 0 Å². The molecular weight excluding hydrogens is 187 g/mol. The summed E-state index contributed by atoms with van der Waals surface area (Å²) in [6.07, 6.45) is 11.4. The van der Waals surface area contributed by atoms with Crippen molar-refractivity contribution in [3.63, 3.8) is 0 Å². The van der Waals surface area contributed by atoms with Gasteiger partial charge in [0.2, 0.25) is 0 Å². The number of hydrogen-bond acceptors (Lipinski definition) is 0. The van der Waals surface area contributed by atoms with E-state index in [9.17, 15) is 4.39 Å². The van der Waals surface area contributed by atoms with Crippen LogP contribution in [-0.2, 0) is 0 Å².